The average Bonchev–Trinajstić information content (AvgIpc) is 3.59. The molecule has 1 nitrogen and oxygen atoms in total. The first-order chi connectivity index (χ1) is 26.4. The molecule has 0 fully saturated rings. The van der Waals surface area contributed by atoms with Gasteiger partial charge in [0.2, 0.25) is 0 Å². The highest BCUT2D eigenvalue weighted by Crippen LogP contribution is 2.46. The molecule has 11 rings (SSSR count). The van der Waals surface area contributed by atoms with E-state index in [-0.39, 0.29) is 29.7 Å². The molecule has 0 unspecified atom stereocenters. The van der Waals surface area contributed by atoms with Crippen LogP contribution in [-0.2, 0) is 0 Å². The molecule has 0 aliphatic rings. The molecule has 0 amide bonds. The van der Waals surface area contributed by atoms with E-state index in [4.69, 9.17) is 11.3 Å². The van der Waals surface area contributed by atoms with Gasteiger partial charge in [0.15, 0.2) is 0 Å². The van der Waals surface area contributed by atoms with Gasteiger partial charge in [-0.25, -0.2) is 0 Å². The SMILES string of the molecule is [2H]c1c([2H])c([2H])c(-c2ccc3oc4cccc(-c5ccc6ccc7c(-c8cc9ccccc9c9ccccc89)ccc8ccc5c6c87)c4c3c2)c([2H])c1[2H]. The number of benzene rings is 10. The van der Waals surface area contributed by atoms with E-state index in [9.17, 15) is 0 Å². The van der Waals surface area contributed by atoms with Crippen molar-refractivity contribution in [1.82, 2.24) is 0 Å². The van der Waals surface area contributed by atoms with Crippen LogP contribution in [0, 0.1) is 0 Å². The lowest BCUT2D eigenvalue weighted by Gasteiger charge is -2.18. The second-order valence-electron chi connectivity index (χ2n) is 12.8. The van der Waals surface area contributed by atoms with Crippen molar-refractivity contribution in [2.75, 3.05) is 0 Å². The fraction of sp³-hybridized carbons (Fsp3) is 0. The van der Waals surface area contributed by atoms with E-state index < -0.39 is 6.04 Å². The zero-order valence-corrected chi connectivity index (χ0v) is 26.2. The molecule has 0 radical (unpaired) electrons. The first-order valence-corrected chi connectivity index (χ1v) is 16.5. The van der Waals surface area contributed by atoms with Gasteiger partial charge in [-0.3, -0.25) is 0 Å². The van der Waals surface area contributed by atoms with E-state index in [2.05, 4.69) is 109 Å². The Bertz CT molecular complexity index is 3370. The zero-order chi connectivity index (χ0) is 36.4. The first-order valence-electron chi connectivity index (χ1n) is 19.0. The molecule has 49 heavy (non-hydrogen) atoms. The highest BCUT2D eigenvalue weighted by molar-refractivity contribution is 6.29. The summed E-state index contributed by atoms with van der Waals surface area (Å²) >= 11 is 0. The molecule has 10 aromatic carbocycles. The molecule has 0 aliphatic carbocycles. The maximum Gasteiger partial charge on any atom is 0.136 e. The third-order valence-electron chi connectivity index (χ3n) is 10.3. The molecule has 0 atom stereocenters. The van der Waals surface area contributed by atoms with Gasteiger partial charge in [0.05, 0.1) is 6.85 Å². The lowest BCUT2D eigenvalue weighted by atomic mass is 9.85. The van der Waals surface area contributed by atoms with Gasteiger partial charge in [-0.2, -0.15) is 0 Å². The maximum absolute atomic E-state index is 8.63. The molecule has 0 N–H and O–H groups in total. The minimum Gasteiger partial charge on any atom is -0.456 e. The van der Waals surface area contributed by atoms with Crippen molar-refractivity contribution in [2.45, 2.75) is 0 Å². The van der Waals surface area contributed by atoms with Crippen LogP contribution in [0.4, 0.5) is 0 Å². The van der Waals surface area contributed by atoms with Crippen LogP contribution < -0.4 is 0 Å². The number of rotatable bonds is 3. The summed E-state index contributed by atoms with van der Waals surface area (Å²) in [5.41, 5.74) is 6.59. The average molecular weight is 626 g/mol. The van der Waals surface area contributed by atoms with E-state index in [1.807, 2.05) is 24.3 Å². The molecular formula is C48H28O. The summed E-state index contributed by atoms with van der Waals surface area (Å²) in [5.74, 6) is 0. The van der Waals surface area contributed by atoms with Crippen LogP contribution in [0.15, 0.2) is 174 Å². The molecule has 11 aromatic rings. The Morgan fingerprint density at radius 1 is 0.347 bits per heavy atom. The lowest BCUT2D eigenvalue weighted by Crippen LogP contribution is -1.91. The summed E-state index contributed by atoms with van der Waals surface area (Å²) in [4.78, 5) is 0. The fourth-order valence-electron chi connectivity index (χ4n) is 8.15. The van der Waals surface area contributed by atoms with E-state index >= 15 is 0 Å². The van der Waals surface area contributed by atoms with Crippen molar-refractivity contribution < 1.29 is 11.3 Å². The summed E-state index contributed by atoms with van der Waals surface area (Å²) in [7, 11) is 0. The van der Waals surface area contributed by atoms with E-state index in [0.29, 0.717) is 11.1 Å². The Morgan fingerprint density at radius 2 is 1.02 bits per heavy atom. The van der Waals surface area contributed by atoms with Crippen LogP contribution in [0.5, 0.6) is 0 Å². The molecule has 1 aromatic heterocycles. The summed E-state index contributed by atoms with van der Waals surface area (Å²) < 4.78 is 48.3. The molecule has 0 spiro atoms. The highest BCUT2D eigenvalue weighted by Gasteiger charge is 2.19. The fourth-order valence-corrected chi connectivity index (χ4v) is 8.15. The summed E-state index contributed by atoms with van der Waals surface area (Å²) in [5, 5.41) is 13.8. The molecular weight excluding hydrogens is 593 g/mol. The maximum atomic E-state index is 8.63. The van der Waals surface area contributed by atoms with Gasteiger partial charge in [-0.1, -0.05) is 145 Å². The third-order valence-corrected chi connectivity index (χ3v) is 10.3. The van der Waals surface area contributed by atoms with E-state index in [0.717, 1.165) is 32.9 Å². The molecule has 0 saturated carbocycles. The van der Waals surface area contributed by atoms with Gasteiger partial charge in [0.1, 0.15) is 11.2 Å². The second-order valence-corrected chi connectivity index (χ2v) is 12.8. The Labute approximate surface area is 289 Å². The van der Waals surface area contributed by atoms with Crippen molar-refractivity contribution in [3.63, 3.8) is 0 Å². The Morgan fingerprint density at radius 3 is 1.80 bits per heavy atom. The Balaban J connectivity index is 1.17. The minimum atomic E-state index is -0.405. The van der Waals surface area contributed by atoms with Crippen LogP contribution in [0.1, 0.15) is 6.85 Å². The van der Waals surface area contributed by atoms with Crippen LogP contribution in [-0.4, -0.2) is 0 Å². The lowest BCUT2D eigenvalue weighted by molar-refractivity contribution is 0.669. The zero-order valence-electron chi connectivity index (χ0n) is 31.2. The van der Waals surface area contributed by atoms with Crippen molar-refractivity contribution in [2.24, 2.45) is 0 Å². The third kappa shape index (κ3) is 3.82. The van der Waals surface area contributed by atoms with Gasteiger partial charge >= 0.3 is 0 Å². The summed E-state index contributed by atoms with van der Waals surface area (Å²) in [6.07, 6.45) is 0. The molecule has 0 aliphatic heterocycles. The van der Waals surface area contributed by atoms with Gasteiger partial charge in [-0.05, 0) is 112 Å². The number of hydrogen-bond acceptors (Lipinski definition) is 1. The summed E-state index contributed by atoms with van der Waals surface area (Å²) in [6, 6.07) is 47.5. The molecule has 1 heteroatoms. The van der Waals surface area contributed by atoms with Gasteiger partial charge in [0.25, 0.3) is 0 Å². The standard InChI is InChI=1S/C48H28O/c1-2-9-29(10-3-1)32-21-26-44-43(27-32)48-39(15-8-16-45(48)49-44)37-22-17-30-20-25-41-38(23-18-31-19-24-40(37)46(30)47(31)41)42-28-33-11-4-5-12-34(33)35-13-6-7-14-36(35)42/h1-28H/i1D,2D,3D,9D,10D. The van der Waals surface area contributed by atoms with Gasteiger partial charge in [-0.15, -0.1) is 0 Å². The van der Waals surface area contributed by atoms with Crippen molar-refractivity contribution in [3.05, 3.63) is 170 Å². The Kier molecular flexibility index (Phi) is 4.54. The van der Waals surface area contributed by atoms with Crippen LogP contribution in [0.2, 0.25) is 0 Å². The van der Waals surface area contributed by atoms with E-state index in [1.165, 1.54) is 59.6 Å². The van der Waals surface area contributed by atoms with Crippen LogP contribution in [0.25, 0.3) is 109 Å². The predicted molar refractivity (Wildman–Crippen MR) is 209 cm³/mol. The minimum absolute atomic E-state index is 0.174. The monoisotopic (exact) mass is 625 g/mol. The molecule has 226 valence electrons. The van der Waals surface area contributed by atoms with Crippen molar-refractivity contribution in [1.29, 1.82) is 0 Å². The van der Waals surface area contributed by atoms with Crippen molar-refractivity contribution >= 4 is 75.8 Å². The second kappa shape index (κ2) is 10.0. The molecule has 1 heterocycles. The largest absolute Gasteiger partial charge is 0.456 e. The predicted octanol–water partition coefficient (Wildman–Crippen LogP) is 13.8. The normalized spacial score (nSPS) is 13.5. The first kappa shape index (κ1) is 22.2. The Hall–Kier alpha value is -6.44. The molecule has 0 saturated heterocycles. The van der Waals surface area contributed by atoms with E-state index in [1.54, 1.807) is 6.07 Å². The smallest absolute Gasteiger partial charge is 0.136 e. The number of furan rings is 1. The quantitative estimate of drug-likeness (QED) is 0.178. The summed E-state index contributed by atoms with van der Waals surface area (Å²) in [6.45, 7) is 0. The van der Waals surface area contributed by atoms with Crippen LogP contribution in [0.3, 0.4) is 0 Å². The van der Waals surface area contributed by atoms with Gasteiger partial charge < -0.3 is 4.42 Å². The highest BCUT2D eigenvalue weighted by atomic mass is 16.3. The van der Waals surface area contributed by atoms with Crippen LogP contribution >= 0.6 is 0 Å². The number of fused-ring (bicyclic) bond motifs is 6. The van der Waals surface area contributed by atoms with Gasteiger partial charge in [0, 0.05) is 10.8 Å². The topological polar surface area (TPSA) is 13.1 Å². The number of hydrogen-bond donors (Lipinski definition) is 0. The molecule has 0 bridgehead atoms. The van der Waals surface area contributed by atoms with Crippen molar-refractivity contribution in [3.8, 4) is 33.4 Å².